The van der Waals surface area contributed by atoms with Gasteiger partial charge in [0.25, 0.3) is 5.16 Å². The predicted octanol–water partition coefficient (Wildman–Crippen LogP) is 1.82. The molecular formula is C14H24N4O3S. The van der Waals surface area contributed by atoms with Crippen LogP contribution in [0.4, 0.5) is 4.79 Å². The molecule has 7 nitrogen and oxygen atoms in total. The van der Waals surface area contributed by atoms with Gasteiger partial charge in [0.05, 0.1) is 5.75 Å². The van der Waals surface area contributed by atoms with Gasteiger partial charge in [-0.15, -0.1) is 11.7 Å². The van der Waals surface area contributed by atoms with Crippen molar-refractivity contribution in [3.05, 3.63) is 19.0 Å². The Bertz CT molecular complexity index is 620. The summed E-state index contributed by atoms with van der Waals surface area (Å²) in [4.78, 5) is 17.7. The van der Waals surface area contributed by atoms with Gasteiger partial charge in [-0.2, -0.15) is 4.68 Å². The zero-order valence-electron chi connectivity index (χ0n) is 13.6. The van der Waals surface area contributed by atoms with E-state index in [1.165, 1.54) is 0 Å². The second-order valence-electron chi connectivity index (χ2n) is 6.02. The standard InChI is InChI=1S/C14H24N4O3S/c1-6-7-17(8-11(2)3)14(19)18-10-15-13(16-18)22(20,21)9-12(4)5/h6,10-12H,1,7-9H2,2-5H3. The van der Waals surface area contributed by atoms with Crippen molar-refractivity contribution in [2.75, 3.05) is 18.8 Å². The molecule has 1 amide bonds. The Kier molecular flexibility index (Phi) is 6.28. The Balaban J connectivity index is 2.98. The summed E-state index contributed by atoms with van der Waals surface area (Å²) >= 11 is 0. The van der Waals surface area contributed by atoms with Crippen LogP contribution in [0.5, 0.6) is 0 Å². The first-order chi connectivity index (χ1) is 10.2. The molecule has 0 aromatic carbocycles. The molecule has 22 heavy (non-hydrogen) atoms. The number of carbonyl (C=O) groups is 1. The van der Waals surface area contributed by atoms with Crippen LogP contribution >= 0.6 is 0 Å². The first-order valence-corrected chi connectivity index (χ1v) is 8.87. The van der Waals surface area contributed by atoms with E-state index in [0.29, 0.717) is 13.1 Å². The molecule has 1 aromatic rings. The highest BCUT2D eigenvalue weighted by molar-refractivity contribution is 7.91. The highest BCUT2D eigenvalue weighted by Crippen LogP contribution is 2.10. The van der Waals surface area contributed by atoms with Gasteiger partial charge in [0.1, 0.15) is 6.33 Å². The molecule has 0 unspecified atom stereocenters. The van der Waals surface area contributed by atoms with Crippen molar-refractivity contribution in [3.63, 3.8) is 0 Å². The maximum Gasteiger partial charge on any atom is 0.346 e. The van der Waals surface area contributed by atoms with E-state index in [9.17, 15) is 13.2 Å². The molecule has 1 rings (SSSR count). The maximum absolute atomic E-state index is 12.4. The van der Waals surface area contributed by atoms with E-state index < -0.39 is 15.9 Å². The van der Waals surface area contributed by atoms with Crippen molar-refractivity contribution >= 4 is 15.9 Å². The molecule has 0 aliphatic carbocycles. The molecule has 1 aromatic heterocycles. The molecule has 0 aliphatic rings. The molecule has 0 saturated heterocycles. The third-order valence-corrected chi connectivity index (χ3v) is 4.55. The van der Waals surface area contributed by atoms with Gasteiger partial charge in [-0.3, -0.25) is 0 Å². The fourth-order valence-corrected chi connectivity index (χ4v) is 3.41. The van der Waals surface area contributed by atoms with Crippen molar-refractivity contribution in [2.24, 2.45) is 11.8 Å². The average Bonchev–Trinajstić information content (AvgIpc) is 2.85. The number of carbonyl (C=O) groups excluding carboxylic acids is 1. The zero-order valence-corrected chi connectivity index (χ0v) is 14.4. The van der Waals surface area contributed by atoms with E-state index in [0.717, 1.165) is 11.0 Å². The molecule has 0 N–H and O–H groups in total. The quantitative estimate of drug-likeness (QED) is 0.713. The van der Waals surface area contributed by atoms with E-state index in [1.807, 2.05) is 13.8 Å². The lowest BCUT2D eigenvalue weighted by molar-refractivity contribution is 0.195. The van der Waals surface area contributed by atoms with Gasteiger partial charge < -0.3 is 4.90 Å². The lowest BCUT2D eigenvalue weighted by Gasteiger charge is -2.22. The third-order valence-electron chi connectivity index (χ3n) is 2.70. The molecule has 0 spiro atoms. The molecule has 0 atom stereocenters. The van der Waals surface area contributed by atoms with Gasteiger partial charge >= 0.3 is 6.03 Å². The minimum absolute atomic E-state index is 0.0362. The number of rotatable bonds is 7. The molecule has 124 valence electrons. The van der Waals surface area contributed by atoms with Gasteiger partial charge in [-0.1, -0.05) is 33.8 Å². The van der Waals surface area contributed by atoms with Crippen LogP contribution in [-0.2, 0) is 9.84 Å². The summed E-state index contributed by atoms with van der Waals surface area (Å²) in [5.74, 6) is 0.190. The van der Waals surface area contributed by atoms with Crippen LogP contribution in [0.3, 0.4) is 0 Å². The van der Waals surface area contributed by atoms with Crippen LogP contribution in [0.25, 0.3) is 0 Å². The Hall–Kier alpha value is -1.70. The van der Waals surface area contributed by atoms with E-state index >= 15 is 0 Å². The number of sulfone groups is 1. The lowest BCUT2D eigenvalue weighted by atomic mass is 10.2. The predicted molar refractivity (Wildman–Crippen MR) is 84.3 cm³/mol. The molecular weight excluding hydrogens is 304 g/mol. The summed E-state index contributed by atoms with van der Waals surface area (Å²) in [5.41, 5.74) is 0. The first-order valence-electron chi connectivity index (χ1n) is 7.22. The third kappa shape index (κ3) is 4.94. The van der Waals surface area contributed by atoms with Gasteiger partial charge in [-0.05, 0) is 11.8 Å². The first kappa shape index (κ1) is 18.3. The smallest absolute Gasteiger partial charge is 0.319 e. The largest absolute Gasteiger partial charge is 0.346 e. The summed E-state index contributed by atoms with van der Waals surface area (Å²) in [6, 6.07) is -0.410. The van der Waals surface area contributed by atoms with Crippen LogP contribution in [0.1, 0.15) is 27.7 Å². The number of nitrogens with zero attached hydrogens (tertiary/aromatic N) is 4. The summed E-state index contributed by atoms with van der Waals surface area (Å²) in [7, 11) is -3.57. The van der Waals surface area contributed by atoms with E-state index in [-0.39, 0.29) is 22.7 Å². The van der Waals surface area contributed by atoms with Gasteiger partial charge in [0.2, 0.25) is 9.84 Å². The minimum Gasteiger partial charge on any atom is -0.319 e. The highest BCUT2D eigenvalue weighted by Gasteiger charge is 2.24. The molecule has 0 saturated carbocycles. The summed E-state index contributed by atoms with van der Waals surface area (Å²) in [6.07, 6.45) is 2.76. The second-order valence-corrected chi connectivity index (χ2v) is 7.95. The Labute approximate surface area is 131 Å². The number of hydrogen-bond acceptors (Lipinski definition) is 5. The van der Waals surface area contributed by atoms with Crippen molar-refractivity contribution < 1.29 is 13.2 Å². The average molecular weight is 328 g/mol. The second kappa shape index (κ2) is 7.53. The van der Waals surface area contributed by atoms with Crippen molar-refractivity contribution in [1.29, 1.82) is 0 Å². The minimum atomic E-state index is -3.57. The Morgan fingerprint density at radius 3 is 2.50 bits per heavy atom. The highest BCUT2D eigenvalue weighted by atomic mass is 32.2. The van der Waals surface area contributed by atoms with Crippen LogP contribution in [-0.4, -0.2) is 53.0 Å². The van der Waals surface area contributed by atoms with E-state index in [4.69, 9.17) is 0 Å². The zero-order chi connectivity index (χ0) is 16.9. The van der Waals surface area contributed by atoms with Crippen LogP contribution in [0, 0.1) is 11.8 Å². The van der Waals surface area contributed by atoms with Crippen molar-refractivity contribution in [3.8, 4) is 0 Å². The topological polar surface area (TPSA) is 85.2 Å². The van der Waals surface area contributed by atoms with E-state index in [1.54, 1.807) is 24.8 Å². The normalized spacial score (nSPS) is 11.9. The van der Waals surface area contributed by atoms with Crippen molar-refractivity contribution in [1.82, 2.24) is 19.7 Å². The van der Waals surface area contributed by atoms with Crippen molar-refractivity contribution in [2.45, 2.75) is 32.9 Å². The molecule has 0 aliphatic heterocycles. The fraction of sp³-hybridized carbons (Fsp3) is 0.643. The van der Waals surface area contributed by atoms with Crippen LogP contribution in [0.2, 0.25) is 0 Å². The number of hydrogen-bond donors (Lipinski definition) is 0. The number of aromatic nitrogens is 3. The Morgan fingerprint density at radius 2 is 2.00 bits per heavy atom. The molecule has 0 fully saturated rings. The molecule has 1 heterocycles. The maximum atomic E-state index is 12.4. The Morgan fingerprint density at radius 1 is 1.36 bits per heavy atom. The molecule has 0 bridgehead atoms. The number of amides is 1. The van der Waals surface area contributed by atoms with E-state index in [2.05, 4.69) is 16.7 Å². The summed E-state index contributed by atoms with van der Waals surface area (Å²) < 4.78 is 25.1. The fourth-order valence-electron chi connectivity index (χ4n) is 1.97. The summed E-state index contributed by atoms with van der Waals surface area (Å²) in [6.45, 7) is 12.1. The monoisotopic (exact) mass is 328 g/mol. The summed E-state index contributed by atoms with van der Waals surface area (Å²) in [5, 5.41) is 3.53. The SMILES string of the molecule is C=CCN(CC(C)C)C(=O)n1cnc(S(=O)(=O)CC(C)C)n1. The van der Waals surface area contributed by atoms with Crippen LogP contribution in [0.15, 0.2) is 24.1 Å². The van der Waals surface area contributed by atoms with Gasteiger partial charge in [0.15, 0.2) is 0 Å². The van der Waals surface area contributed by atoms with Crippen LogP contribution < -0.4 is 0 Å². The van der Waals surface area contributed by atoms with Gasteiger partial charge in [-0.25, -0.2) is 18.2 Å². The van der Waals surface area contributed by atoms with Gasteiger partial charge in [0, 0.05) is 13.1 Å². The lowest BCUT2D eigenvalue weighted by Crippen LogP contribution is -2.37. The molecule has 0 radical (unpaired) electrons. The molecule has 8 heteroatoms.